The van der Waals surface area contributed by atoms with E-state index in [4.69, 9.17) is 0 Å². The molecule has 3 N–H and O–H groups in total. The maximum absolute atomic E-state index is 13.0. The van der Waals surface area contributed by atoms with E-state index in [1.807, 2.05) is 73.7 Å². The molecule has 144 valence electrons. The number of hydrogen-bond donors (Lipinski definition) is 2. The lowest BCUT2D eigenvalue weighted by Gasteiger charge is -2.21. The number of amides is 1. The highest BCUT2D eigenvalue weighted by molar-refractivity contribution is 6.03. The number of nitrogens with two attached hydrogens (primary N) is 1. The number of hydrogen-bond acceptors (Lipinski definition) is 1. The van der Waals surface area contributed by atoms with Crippen molar-refractivity contribution in [3.05, 3.63) is 114 Å². The summed E-state index contributed by atoms with van der Waals surface area (Å²) in [5.41, 5.74) is 3.22. The van der Waals surface area contributed by atoms with Gasteiger partial charge in [-0.1, -0.05) is 97.1 Å². The van der Waals surface area contributed by atoms with Crippen molar-refractivity contribution in [2.75, 3.05) is 5.32 Å². The molecule has 0 bridgehead atoms. The zero-order valence-corrected chi connectivity index (χ0v) is 16.5. The standard InChI is InChI=1S/C26H24N2O/c1-19(26(29)28-24-18-10-16-20-11-8-9-17-23(20)24)27-25(21-12-4-2-5-13-21)22-14-6-3-7-15-22/h2-19,25,27H,1H3,(H,28,29)/p+1/t19-/m1/s1. The molecule has 4 rings (SSSR count). The van der Waals surface area contributed by atoms with Gasteiger partial charge in [-0.2, -0.15) is 0 Å². The third-order valence-electron chi connectivity index (χ3n) is 5.26. The van der Waals surface area contributed by atoms with Crippen molar-refractivity contribution in [2.24, 2.45) is 0 Å². The van der Waals surface area contributed by atoms with Crippen LogP contribution in [-0.4, -0.2) is 11.9 Å². The molecule has 0 aromatic heterocycles. The maximum Gasteiger partial charge on any atom is 0.282 e. The molecule has 0 fully saturated rings. The second kappa shape index (κ2) is 8.72. The lowest BCUT2D eigenvalue weighted by Crippen LogP contribution is -2.92. The minimum absolute atomic E-state index is 0.00165. The quantitative estimate of drug-likeness (QED) is 0.507. The molecular formula is C26H25N2O+. The highest BCUT2D eigenvalue weighted by Gasteiger charge is 2.25. The van der Waals surface area contributed by atoms with Crippen LogP contribution in [0.2, 0.25) is 0 Å². The van der Waals surface area contributed by atoms with Gasteiger partial charge in [-0.05, 0) is 18.4 Å². The molecule has 3 heteroatoms. The van der Waals surface area contributed by atoms with Gasteiger partial charge < -0.3 is 10.6 Å². The first-order valence-electron chi connectivity index (χ1n) is 9.96. The SMILES string of the molecule is C[C@@H]([NH2+]C(c1ccccc1)c1ccccc1)C(=O)Nc1cccc2ccccc12. The number of quaternary nitrogens is 1. The molecule has 0 saturated carbocycles. The summed E-state index contributed by atoms with van der Waals surface area (Å²) in [5.74, 6) is -0.00165. The summed E-state index contributed by atoms with van der Waals surface area (Å²) in [4.78, 5) is 13.0. The van der Waals surface area contributed by atoms with Crippen LogP contribution in [0.25, 0.3) is 10.8 Å². The maximum atomic E-state index is 13.0. The molecule has 29 heavy (non-hydrogen) atoms. The smallest absolute Gasteiger partial charge is 0.282 e. The van der Waals surface area contributed by atoms with E-state index in [9.17, 15) is 4.79 Å². The van der Waals surface area contributed by atoms with Gasteiger partial charge in [0, 0.05) is 22.2 Å². The van der Waals surface area contributed by atoms with Gasteiger partial charge in [0.1, 0.15) is 6.04 Å². The van der Waals surface area contributed by atoms with Crippen molar-refractivity contribution in [1.29, 1.82) is 0 Å². The predicted molar refractivity (Wildman–Crippen MR) is 119 cm³/mol. The minimum atomic E-state index is -0.251. The fourth-order valence-electron chi connectivity index (χ4n) is 3.69. The fourth-order valence-corrected chi connectivity index (χ4v) is 3.69. The molecule has 0 aliphatic carbocycles. The van der Waals surface area contributed by atoms with Crippen LogP contribution >= 0.6 is 0 Å². The molecule has 1 amide bonds. The molecule has 0 aliphatic rings. The first-order chi connectivity index (χ1) is 14.2. The van der Waals surface area contributed by atoms with Crippen molar-refractivity contribution in [3.8, 4) is 0 Å². The molecule has 3 nitrogen and oxygen atoms in total. The summed E-state index contributed by atoms with van der Waals surface area (Å²) in [7, 11) is 0. The van der Waals surface area contributed by atoms with Crippen molar-refractivity contribution < 1.29 is 10.1 Å². The van der Waals surface area contributed by atoms with Gasteiger partial charge in [-0.15, -0.1) is 0 Å². The Morgan fingerprint density at radius 1 is 0.724 bits per heavy atom. The molecular weight excluding hydrogens is 356 g/mol. The van der Waals surface area contributed by atoms with Gasteiger partial charge in [0.25, 0.3) is 5.91 Å². The van der Waals surface area contributed by atoms with Crippen LogP contribution in [0.15, 0.2) is 103 Å². The first-order valence-corrected chi connectivity index (χ1v) is 9.96. The molecule has 0 heterocycles. The van der Waals surface area contributed by atoms with Crippen LogP contribution < -0.4 is 10.6 Å². The fraction of sp³-hybridized carbons (Fsp3) is 0.115. The van der Waals surface area contributed by atoms with E-state index in [-0.39, 0.29) is 18.0 Å². The molecule has 0 unspecified atom stereocenters. The average Bonchev–Trinajstić information content (AvgIpc) is 2.78. The normalized spacial score (nSPS) is 12.1. The van der Waals surface area contributed by atoms with Crippen LogP contribution in [0.5, 0.6) is 0 Å². The zero-order chi connectivity index (χ0) is 20.1. The predicted octanol–water partition coefficient (Wildman–Crippen LogP) is 4.52. The van der Waals surface area contributed by atoms with E-state index < -0.39 is 0 Å². The Labute approximate surface area is 171 Å². The van der Waals surface area contributed by atoms with E-state index in [0.29, 0.717) is 0 Å². The van der Waals surface area contributed by atoms with E-state index in [1.165, 1.54) is 11.1 Å². The molecule has 0 spiro atoms. The topological polar surface area (TPSA) is 45.7 Å². The second-order valence-corrected chi connectivity index (χ2v) is 7.30. The molecule has 0 aliphatic heterocycles. The van der Waals surface area contributed by atoms with Crippen LogP contribution in [0.3, 0.4) is 0 Å². The Morgan fingerprint density at radius 3 is 1.93 bits per heavy atom. The van der Waals surface area contributed by atoms with Gasteiger partial charge >= 0.3 is 0 Å². The Bertz CT molecular complexity index is 1050. The highest BCUT2D eigenvalue weighted by Crippen LogP contribution is 2.23. The number of fused-ring (bicyclic) bond motifs is 1. The van der Waals surface area contributed by atoms with Crippen LogP contribution in [-0.2, 0) is 4.79 Å². The number of carbonyl (C=O) groups is 1. The number of benzene rings is 4. The lowest BCUT2D eigenvalue weighted by atomic mass is 9.98. The largest absolute Gasteiger partial charge is 0.326 e. The van der Waals surface area contributed by atoms with Crippen LogP contribution in [0.1, 0.15) is 24.1 Å². The molecule has 1 atom stereocenters. The number of carbonyl (C=O) groups excluding carboxylic acids is 1. The number of nitrogens with one attached hydrogen (secondary N) is 1. The summed E-state index contributed by atoms with van der Waals surface area (Å²) in [6, 6.07) is 34.6. The third kappa shape index (κ3) is 4.36. The van der Waals surface area contributed by atoms with E-state index >= 15 is 0 Å². The average molecular weight is 381 g/mol. The Balaban J connectivity index is 1.56. The van der Waals surface area contributed by atoms with E-state index in [0.717, 1.165) is 16.5 Å². The van der Waals surface area contributed by atoms with Crippen molar-refractivity contribution in [1.82, 2.24) is 0 Å². The highest BCUT2D eigenvalue weighted by atomic mass is 16.2. The summed E-state index contributed by atoms with van der Waals surface area (Å²) < 4.78 is 0. The van der Waals surface area contributed by atoms with Gasteiger partial charge in [0.15, 0.2) is 6.04 Å². The summed E-state index contributed by atoms with van der Waals surface area (Å²) in [6.07, 6.45) is 0. The van der Waals surface area contributed by atoms with Crippen LogP contribution in [0.4, 0.5) is 5.69 Å². The molecule has 4 aromatic carbocycles. The van der Waals surface area contributed by atoms with Gasteiger partial charge in [-0.25, -0.2) is 0 Å². The second-order valence-electron chi connectivity index (χ2n) is 7.30. The van der Waals surface area contributed by atoms with Gasteiger partial charge in [0.05, 0.1) is 0 Å². The minimum Gasteiger partial charge on any atom is -0.326 e. The monoisotopic (exact) mass is 381 g/mol. The van der Waals surface area contributed by atoms with Crippen molar-refractivity contribution in [2.45, 2.75) is 19.0 Å². The van der Waals surface area contributed by atoms with Crippen LogP contribution in [0, 0.1) is 0 Å². The zero-order valence-electron chi connectivity index (χ0n) is 16.5. The summed E-state index contributed by atoms with van der Waals surface area (Å²) >= 11 is 0. The van der Waals surface area contributed by atoms with Crippen molar-refractivity contribution in [3.63, 3.8) is 0 Å². The Kier molecular flexibility index (Phi) is 5.68. The Hall–Kier alpha value is -3.43. The van der Waals surface area contributed by atoms with Gasteiger partial charge in [-0.3, -0.25) is 4.79 Å². The van der Waals surface area contributed by atoms with E-state index in [1.54, 1.807) is 0 Å². The molecule has 4 aromatic rings. The van der Waals surface area contributed by atoms with Gasteiger partial charge in [0.2, 0.25) is 0 Å². The summed E-state index contributed by atoms with van der Waals surface area (Å²) in [5, 5.41) is 7.43. The molecule has 0 saturated heterocycles. The van der Waals surface area contributed by atoms with E-state index in [2.05, 4.69) is 47.0 Å². The third-order valence-corrected chi connectivity index (χ3v) is 5.26. The number of rotatable bonds is 6. The lowest BCUT2D eigenvalue weighted by molar-refractivity contribution is -0.704. The Morgan fingerprint density at radius 2 is 1.28 bits per heavy atom. The van der Waals surface area contributed by atoms with Crippen molar-refractivity contribution >= 4 is 22.4 Å². The number of anilines is 1. The summed E-state index contributed by atoms with van der Waals surface area (Å²) in [6.45, 7) is 1.96. The first kappa shape index (κ1) is 18.9. The molecule has 0 radical (unpaired) electrons.